The Morgan fingerprint density at radius 3 is 2.45 bits per heavy atom. The third-order valence-electron chi connectivity index (χ3n) is 5.65. The van der Waals surface area contributed by atoms with Gasteiger partial charge in [0.25, 0.3) is 0 Å². The highest BCUT2D eigenvalue weighted by molar-refractivity contribution is 5.95. The average molecular weight is 425 g/mol. The number of aryl methyl sites for hydroxylation is 1. The van der Waals surface area contributed by atoms with Gasteiger partial charge in [-0.05, 0) is 61.7 Å². The van der Waals surface area contributed by atoms with Crippen molar-refractivity contribution in [2.75, 3.05) is 56.7 Å². The number of carboxylic acids is 1. The first kappa shape index (κ1) is 22.6. The maximum Gasteiger partial charge on any atom is 0.335 e. The first-order chi connectivity index (χ1) is 15.0. The summed E-state index contributed by atoms with van der Waals surface area (Å²) >= 11 is 0. The summed E-state index contributed by atoms with van der Waals surface area (Å²) in [4.78, 5) is 20.6. The van der Waals surface area contributed by atoms with E-state index in [0.717, 1.165) is 44.2 Å². The van der Waals surface area contributed by atoms with E-state index in [-0.39, 0.29) is 5.56 Å². The number of methoxy groups -OCH3 is 1. The zero-order valence-electron chi connectivity index (χ0n) is 18.6. The third kappa shape index (κ3) is 5.98. The minimum atomic E-state index is -0.928. The molecule has 7 heteroatoms. The van der Waals surface area contributed by atoms with Crippen LogP contribution in [0.5, 0.6) is 0 Å². The van der Waals surface area contributed by atoms with Crippen LogP contribution in [0.2, 0.25) is 0 Å². The molecule has 0 aromatic heterocycles. The van der Waals surface area contributed by atoms with Crippen molar-refractivity contribution in [2.24, 2.45) is 4.99 Å². The SMILES string of the molecule is COCCCN=C(Nc1ccc(C(=O)O)cc1)N1CCN(c2cccc(C)c2C)CC1. The summed E-state index contributed by atoms with van der Waals surface area (Å²) in [5, 5.41) is 12.5. The van der Waals surface area contributed by atoms with E-state index in [1.54, 1.807) is 31.4 Å². The molecule has 7 nitrogen and oxygen atoms in total. The number of ether oxygens (including phenoxy) is 1. The number of hydrogen-bond donors (Lipinski definition) is 2. The summed E-state index contributed by atoms with van der Waals surface area (Å²) in [6.45, 7) is 9.22. The van der Waals surface area contributed by atoms with Crippen molar-refractivity contribution in [2.45, 2.75) is 20.3 Å². The van der Waals surface area contributed by atoms with Crippen molar-refractivity contribution in [3.63, 3.8) is 0 Å². The number of rotatable bonds is 7. The molecule has 31 heavy (non-hydrogen) atoms. The molecule has 1 fully saturated rings. The number of carbonyl (C=O) groups is 1. The van der Waals surface area contributed by atoms with Gasteiger partial charge in [-0.1, -0.05) is 12.1 Å². The van der Waals surface area contributed by atoms with Gasteiger partial charge in [0.15, 0.2) is 5.96 Å². The van der Waals surface area contributed by atoms with Gasteiger partial charge >= 0.3 is 5.97 Å². The minimum absolute atomic E-state index is 0.270. The summed E-state index contributed by atoms with van der Waals surface area (Å²) in [6.07, 6.45) is 0.849. The fourth-order valence-corrected chi connectivity index (χ4v) is 3.68. The van der Waals surface area contributed by atoms with Crippen LogP contribution in [0.25, 0.3) is 0 Å². The number of hydrogen-bond acceptors (Lipinski definition) is 4. The maximum atomic E-state index is 11.1. The molecule has 0 aliphatic carbocycles. The molecule has 2 N–H and O–H groups in total. The summed E-state index contributed by atoms with van der Waals surface area (Å²) in [5.74, 6) is -0.109. The van der Waals surface area contributed by atoms with Gasteiger partial charge in [0.05, 0.1) is 5.56 Å². The molecule has 166 valence electrons. The molecule has 1 aliphatic rings. The Hall–Kier alpha value is -3.06. The summed E-state index contributed by atoms with van der Waals surface area (Å²) in [6, 6.07) is 13.2. The first-order valence-corrected chi connectivity index (χ1v) is 10.7. The Kier molecular flexibility index (Phi) is 7.89. The minimum Gasteiger partial charge on any atom is -0.478 e. The smallest absolute Gasteiger partial charge is 0.335 e. The van der Waals surface area contributed by atoms with Crippen LogP contribution in [-0.4, -0.2) is 68.4 Å². The van der Waals surface area contributed by atoms with E-state index in [1.807, 2.05) is 0 Å². The molecular formula is C24H32N4O3. The fraction of sp³-hybridized carbons (Fsp3) is 0.417. The number of aliphatic imine (C=N–C) groups is 1. The van der Waals surface area contributed by atoms with Crippen LogP contribution in [-0.2, 0) is 4.74 Å². The second-order valence-corrected chi connectivity index (χ2v) is 7.75. The van der Waals surface area contributed by atoms with Gasteiger partial charge in [-0.2, -0.15) is 0 Å². The van der Waals surface area contributed by atoms with Crippen molar-refractivity contribution in [3.05, 3.63) is 59.2 Å². The number of aromatic carboxylic acids is 1. The van der Waals surface area contributed by atoms with Crippen LogP contribution in [0.4, 0.5) is 11.4 Å². The topological polar surface area (TPSA) is 77.4 Å². The van der Waals surface area contributed by atoms with Crippen molar-refractivity contribution in [3.8, 4) is 0 Å². The molecule has 0 spiro atoms. The molecule has 1 aliphatic heterocycles. The summed E-state index contributed by atoms with van der Waals surface area (Å²) in [7, 11) is 1.69. The number of nitrogens with zero attached hydrogens (tertiary/aromatic N) is 3. The van der Waals surface area contributed by atoms with Gasteiger partial charge in [-0.15, -0.1) is 0 Å². The van der Waals surface area contributed by atoms with Crippen LogP contribution in [0.1, 0.15) is 27.9 Å². The van der Waals surface area contributed by atoms with Crippen molar-refractivity contribution in [1.29, 1.82) is 0 Å². The van der Waals surface area contributed by atoms with Crippen LogP contribution in [0.3, 0.4) is 0 Å². The molecule has 1 heterocycles. The lowest BCUT2D eigenvalue weighted by Crippen LogP contribution is -2.51. The predicted octanol–water partition coefficient (Wildman–Crippen LogP) is 3.63. The highest BCUT2D eigenvalue weighted by Crippen LogP contribution is 2.24. The summed E-state index contributed by atoms with van der Waals surface area (Å²) in [5.41, 5.74) is 5.04. The van der Waals surface area contributed by atoms with Gasteiger partial charge in [-0.3, -0.25) is 4.99 Å². The molecule has 0 radical (unpaired) electrons. The molecule has 2 aromatic rings. The molecule has 0 unspecified atom stereocenters. The Bertz CT molecular complexity index is 904. The van der Waals surface area contributed by atoms with Crippen molar-refractivity contribution >= 4 is 23.3 Å². The lowest BCUT2D eigenvalue weighted by Gasteiger charge is -2.38. The Morgan fingerprint density at radius 2 is 1.81 bits per heavy atom. The van der Waals surface area contributed by atoms with E-state index in [9.17, 15) is 4.79 Å². The van der Waals surface area contributed by atoms with Crippen LogP contribution in [0, 0.1) is 13.8 Å². The van der Waals surface area contributed by atoms with Crippen molar-refractivity contribution < 1.29 is 14.6 Å². The highest BCUT2D eigenvalue weighted by atomic mass is 16.5. The van der Waals surface area contributed by atoms with Gasteiger partial charge < -0.3 is 25.0 Å². The largest absolute Gasteiger partial charge is 0.478 e. The van der Waals surface area contributed by atoms with Crippen LogP contribution in [0.15, 0.2) is 47.5 Å². The number of benzene rings is 2. The number of guanidine groups is 1. The van der Waals surface area contributed by atoms with E-state index in [2.05, 4.69) is 47.2 Å². The molecule has 0 bridgehead atoms. The quantitative estimate of drug-likeness (QED) is 0.402. The van der Waals surface area contributed by atoms with E-state index in [0.29, 0.717) is 13.2 Å². The van der Waals surface area contributed by atoms with E-state index in [4.69, 9.17) is 14.8 Å². The Balaban J connectivity index is 1.69. The van der Waals surface area contributed by atoms with E-state index >= 15 is 0 Å². The highest BCUT2D eigenvalue weighted by Gasteiger charge is 2.21. The van der Waals surface area contributed by atoms with E-state index in [1.165, 1.54) is 16.8 Å². The average Bonchev–Trinajstić information content (AvgIpc) is 2.78. The molecule has 0 saturated carbocycles. The van der Waals surface area contributed by atoms with Crippen LogP contribution >= 0.6 is 0 Å². The van der Waals surface area contributed by atoms with Crippen molar-refractivity contribution in [1.82, 2.24) is 4.90 Å². The maximum absolute atomic E-state index is 11.1. The fourth-order valence-electron chi connectivity index (χ4n) is 3.68. The lowest BCUT2D eigenvalue weighted by molar-refractivity contribution is 0.0697. The number of carboxylic acid groups (broad SMARTS) is 1. The number of piperazine rings is 1. The molecule has 3 rings (SSSR count). The number of anilines is 2. The second kappa shape index (κ2) is 10.8. The second-order valence-electron chi connectivity index (χ2n) is 7.75. The first-order valence-electron chi connectivity index (χ1n) is 10.7. The number of nitrogens with one attached hydrogen (secondary N) is 1. The zero-order valence-corrected chi connectivity index (χ0v) is 18.6. The molecule has 2 aromatic carbocycles. The van der Waals surface area contributed by atoms with Gasteiger partial charge in [0.1, 0.15) is 0 Å². The van der Waals surface area contributed by atoms with Crippen LogP contribution < -0.4 is 10.2 Å². The Morgan fingerprint density at radius 1 is 1.10 bits per heavy atom. The van der Waals surface area contributed by atoms with Gasteiger partial charge in [0.2, 0.25) is 0 Å². The standard InChI is InChI=1S/C24H32N4O3/c1-18-6-4-7-22(19(18)2)27-13-15-28(16-14-27)24(25-12-5-17-31-3)26-21-10-8-20(9-11-21)23(29)30/h4,6-11H,5,12-17H2,1-3H3,(H,25,26)(H,29,30). The zero-order chi connectivity index (χ0) is 22.2. The summed E-state index contributed by atoms with van der Waals surface area (Å²) < 4.78 is 5.14. The predicted molar refractivity (Wildman–Crippen MR) is 126 cm³/mol. The Labute approximate surface area is 184 Å². The lowest BCUT2D eigenvalue weighted by atomic mass is 10.1. The molecule has 1 saturated heterocycles. The van der Waals surface area contributed by atoms with Gasteiger partial charge in [0, 0.05) is 57.8 Å². The molecule has 0 amide bonds. The molecular weight excluding hydrogens is 392 g/mol. The molecule has 0 atom stereocenters. The third-order valence-corrected chi connectivity index (χ3v) is 5.65. The monoisotopic (exact) mass is 424 g/mol. The normalized spacial score (nSPS) is 14.6. The van der Waals surface area contributed by atoms with E-state index < -0.39 is 5.97 Å². The van der Waals surface area contributed by atoms with Gasteiger partial charge in [-0.25, -0.2) is 4.79 Å².